The maximum absolute atomic E-state index is 12.6. The zero-order chi connectivity index (χ0) is 30.4. The topological polar surface area (TPSA) is 129 Å². The number of rotatable bonds is 6. The van der Waals surface area contributed by atoms with E-state index >= 15 is 0 Å². The lowest BCUT2D eigenvalue weighted by Gasteiger charge is -2.36. The predicted molar refractivity (Wildman–Crippen MR) is 146 cm³/mol. The molecule has 3 N–H and O–H groups in total. The molecule has 0 bridgehead atoms. The summed E-state index contributed by atoms with van der Waals surface area (Å²) in [4.78, 5) is 37.9. The molecule has 3 aromatic carbocycles. The van der Waals surface area contributed by atoms with E-state index in [2.05, 4.69) is 15.1 Å². The fourth-order valence-corrected chi connectivity index (χ4v) is 4.41. The second kappa shape index (κ2) is 12.8. The molecule has 0 spiro atoms. The van der Waals surface area contributed by atoms with Gasteiger partial charge in [0, 0.05) is 44.0 Å². The van der Waals surface area contributed by atoms with Gasteiger partial charge in [-0.25, -0.2) is 9.59 Å². The number of aromatic carboxylic acids is 1. The van der Waals surface area contributed by atoms with Crippen molar-refractivity contribution in [3.63, 3.8) is 0 Å². The summed E-state index contributed by atoms with van der Waals surface area (Å²) in [6.07, 6.45) is -5.08. The van der Waals surface area contributed by atoms with Crippen LogP contribution in [0.25, 0.3) is 0 Å². The summed E-state index contributed by atoms with van der Waals surface area (Å²) in [5.41, 5.74) is 4.04. The number of ether oxygens (including phenoxy) is 2. The third-order valence-electron chi connectivity index (χ3n) is 6.60. The Balaban J connectivity index is 0.000000517. The number of nitrogens with one attached hydrogen (secondary N) is 1. The van der Waals surface area contributed by atoms with Crippen LogP contribution in [0.2, 0.25) is 0 Å². The van der Waals surface area contributed by atoms with Crippen molar-refractivity contribution in [2.45, 2.75) is 19.6 Å². The number of nitrogens with zero attached hydrogens (tertiary/aromatic N) is 2. The van der Waals surface area contributed by atoms with Gasteiger partial charge < -0.3 is 29.9 Å². The molecule has 2 aliphatic heterocycles. The summed E-state index contributed by atoms with van der Waals surface area (Å²) >= 11 is 0. The summed E-state index contributed by atoms with van der Waals surface area (Å²) in [5, 5.41) is 19.8. The average molecular weight is 588 g/mol. The smallest absolute Gasteiger partial charge is 0.478 e. The van der Waals surface area contributed by atoms with E-state index in [1.165, 1.54) is 6.07 Å². The van der Waals surface area contributed by atoms with E-state index in [4.69, 9.17) is 19.4 Å². The highest BCUT2D eigenvalue weighted by atomic mass is 19.4. The van der Waals surface area contributed by atoms with E-state index in [0.717, 1.165) is 42.3 Å². The van der Waals surface area contributed by atoms with E-state index in [-0.39, 0.29) is 18.3 Å². The van der Waals surface area contributed by atoms with Gasteiger partial charge in [-0.3, -0.25) is 9.69 Å². The van der Waals surface area contributed by atoms with E-state index in [1.807, 2.05) is 37.3 Å². The SMILES string of the molecule is Cc1ccc(C(=O)Nc2ccc(N3CCN(Cc4ccc5c(c4)OCO5)CC3)c(C(=O)O)c2)cc1.O=C(O)C(F)(F)F. The van der Waals surface area contributed by atoms with Crippen molar-refractivity contribution in [1.82, 2.24) is 4.90 Å². The monoisotopic (exact) mass is 587 g/mol. The van der Waals surface area contributed by atoms with Gasteiger partial charge in [-0.2, -0.15) is 13.2 Å². The summed E-state index contributed by atoms with van der Waals surface area (Å²) in [5.74, 6) is -2.49. The first-order chi connectivity index (χ1) is 19.9. The molecule has 0 atom stereocenters. The molecule has 5 rings (SSSR count). The van der Waals surface area contributed by atoms with Crippen LogP contribution in [-0.2, 0) is 11.3 Å². The number of halogens is 3. The molecule has 222 valence electrons. The molecule has 0 aliphatic carbocycles. The lowest BCUT2D eigenvalue weighted by Crippen LogP contribution is -2.46. The van der Waals surface area contributed by atoms with Crippen LogP contribution in [0.4, 0.5) is 24.5 Å². The Morgan fingerprint density at radius 2 is 1.52 bits per heavy atom. The zero-order valence-corrected chi connectivity index (χ0v) is 22.5. The molecule has 1 amide bonds. The highest BCUT2D eigenvalue weighted by Crippen LogP contribution is 2.33. The van der Waals surface area contributed by atoms with Gasteiger partial charge in [0.05, 0.1) is 11.3 Å². The molecular weight excluding hydrogens is 559 g/mol. The summed E-state index contributed by atoms with van der Waals surface area (Å²) in [7, 11) is 0. The van der Waals surface area contributed by atoms with Crippen LogP contribution in [0, 0.1) is 6.92 Å². The lowest BCUT2D eigenvalue weighted by molar-refractivity contribution is -0.192. The number of fused-ring (bicyclic) bond motifs is 1. The van der Waals surface area contributed by atoms with Crippen molar-refractivity contribution in [3.8, 4) is 11.5 Å². The molecule has 0 saturated carbocycles. The van der Waals surface area contributed by atoms with Crippen molar-refractivity contribution in [2.75, 3.05) is 43.2 Å². The van der Waals surface area contributed by atoms with E-state index in [9.17, 15) is 27.9 Å². The number of carboxylic acids is 2. The van der Waals surface area contributed by atoms with E-state index < -0.39 is 18.1 Å². The molecule has 10 nitrogen and oxygen atoms in total. The predicted octanol–water partition coefficient (Wildman–Crippen LogP) is 4.63. The quantitative estimate of drug-likeness (QED) is 0.378. The standard InChI is InChI=1S/C27H27N3O5.C2HF3O2/c1-18-2-5-20(6-3-18)26(31)28-21-7-8-23(22(15-21)27(32)33)30-12-10-29(11-13-30)16-19-4-9-24-25(14-19)35-17-34-24;3-2(4,5)1(6)7/h2-9,14-15H,10-13,16-17H2,1H3,(H,28,31)(H,32,33);(H,6,7). The largest absolute Gasteiger partial charge is 0.490 e. The van der Waals surface area contributed by atoms with Crippen LogP contribution >= 0.6 is 0 Å². The number of carbonyl (C=O) groups excluding carboxylic acids is 1. The minimum absolute atomic E-state index is 0.177. The van der Waals surface area contributed by atoms with Crippen LogP contribution in [0.3, 0.4) is 0 Å². The molecule has 1 fully saturated rings. The van der Waals surface area contributed by atoms with Gasteiger partial charge >= 0.3 is 18.1 Å². The molecule has 0 unspecified atom stereocenters. The number of aliphatic carboxylic acids is 1. The number of alkyl halides is 3. The molecule has 2 heterocycles. The first-order valence-corrected chi connectivity index (χ1v) is 12.8. The van der Waals surface area contributed by atoms with Crippen LogP contribution in [0.5, 0.6) is 11.5 Å². The van der Waals surface area contributed by atoms with Crippen molar-refractivity contribution < 1.29 is 47.2 Å². The second-order valence-electron chi connectivity index (χ2n) is 9.61. The van der Waals surface area contributed by atoms with E-state index in [0.29, 0.717) is 30.0 Å². The minimum atomic E-state index is -5.08. The number of benzene rings is 3. The Labute approximate surface area is 238 Å². The molecule has 2 aliphatic rings. The molecule has 42 heavy (non-hydrogen) atoms. The van der Waals surface area contributed by atoms with Gasteiger partial charge in [-0.1, -0.05) is 23.8 Å². The van der Waals surface area contributed by atoms with Gasteiger partial charge in [0.15, 0.2) is 11.5 Å². The number of hydrogen-bond donors (Lipinski definition) is 3. The molecule has 3 aromatic rings. The number of anilines is 2. The normalized spacial score (nSPS) is 14.5. The maximum Gasteiger partial charge on any atom is 0.490 e. The fourth-order valence-electron chi connectivity index (χ4n) is 4.41. The van der Waals surface area contributed by atoms with Crippen molar-refractivity contribution in [2.24, 2.45) is 0 Å². The fraction of sp³-hybridized carbons (Fsp3) is 0.276. The van der Waals surface area contributed by atoms with Crippen LogP contribution < -0.4 is 19.7 Å². The number of hydrogen-bond acceptors (Lipinski definition) is 7. The Kier molecular flexibility index (Phi) is 9.21. The lowest BCUT2D eigenvalue weighted by atomic mass is 10.1. The first-order valence-electron chi connectivity index (χ1n) is 12.8. The van der Waals surface area contributed by atoms with Gasteiger partial charge in [-0.15, -0.1) is 0 Å². The van der Waals surface area contributed by atoms with Crippen molar-refractivity contribution in [3.05, 3.63) is 82.9 Å². The van der Waals surface area contributed by atoms with E-state index in [1.54, 1.807) is 24.3 Å². The molecule has 13 heteroatoms. The third-order valence-corrected chi connectivity index (χ3v) is 6.60. The minimum Gasteiger partial charge on any atom is -0.478 e. The van der Waals surface area contributed by atoms with Gasteiger partial charge in [-0.05, 0) is 55.0 Å². The molecular formula is C29H28F3N3O7. The number of amides is 1. The number of aryl methyl sites for hydroxylation is 1. The average Bonchev–Trinajstić information content (AvgIpc) is 3.42. The molecule has 0 aromatic heterocycles. The number of carboxylic acid groups (broad SMARTS) is 2. The van der Waals surface area contributed by atoms with Gasteiger partial charge in [0.25, 0.3) is 5.91 Å². The highest BCUT2D eigenvalue weighted by molar-refractivity contribution is 6.05. The van der Waals surface area contributed by atoms with Gasteiger partial charge in [0.2, 0.25) is 6.79 Å². The first kappa shape index (κ1) is 30.2. The maximum atomic E-state index is 12.6. The Hall–Kier alpha value is -4.78. The number of carbonyl (C=O) groups is 3. The van der Waals surface area contributed by atoms with Gasteiger partial charge in [0.1, 0.15) is 0 Å². The Morgan fingerprint density at radius 1 is 0.881 bits per heavy atom. The number of piperazine rings is 1. The molecule has 1 saturated heterocycles. The Morgan fingerprint density at radius 3 is 2.14 bits per heavy atom. The second-order valence-corrected chi connectivity index (χ2v) is 9.61. The summed E-state index contributed by atoms with van der Waals surface area (Å²) in [6.45, 7) is 6.04. The van der Waals surface area contributed by atoms with Crippen LogP contribution in [0.1, 0.15) is 31.8 Å². The third kappa shape index (κ3) is 7.69. The zero-order valence-electron chi connectivity index (χ0n) is 22.5. The highest BCUT2D eigenvalue weighted by Gasteiger charge is 2.38. The van der Waals surface area contributed by atoms with Crippen LogP contribution in [-0.4, -0.2) is 72.1 Å². The molecule has 0 radical (unpaired) electrons. The summed E-state index contributed by atoms with van der Waals surface area (Å²) in [6, 6.07) is 18.3. The van der Waals surface area contributed by atoms with Crippen molar-refractivity contribution in [1.29, 1.82) is 0 Å². The van der Waals surface area contributed by atoms with Crippen LogP contribution in [0.15, 0.2) is 60.7 Å². The van der Waals surface area contributed by atoms with Crippen molar-refractivity contribution >= 4 is 29.2 Å². The Bertz CT molecular complexity index is 1450. The summed E-state index contributed by atoms with van der Waals surface area (Å²) < 4.78 is 42.6.